The van der Waals surface area contributed by atoms with Gasteiger partial charge in [-0.1, -0.05) is 36.4 Å². The predicted octanol–water partition coefficient (Wildman–Crippen LogP) is 6.85. The molecule has 3 aromatic carbocycles. The highest BCUT2D eigenvalue weighted by atomic mass is 32.2. The number of benzene rings is 3. The molecule has 10 heteroatoms. The largest absolute Gasteiger partial charge is 0.353 e. The van der Waals surface area contributed by atoms with Crippen LogP contribution in [0.4, 0.5) is 4.39 Å². The summed E-state index contributed by atoms with van der Waals surface area (Å²) in [6.45, 7) is 1.48. The molecule has 0 saturated carbocycles. The van der Waals surface area contributed by atoms with Crippen LogP contribution < -0.4 is 5.32 Å². The third kappa shape index (κ3) is 6.44. The first-order chi connectivity index (χ1) is 22.3. The van der Waals surface area contributed by atoms with Crippen LogP contribution >= 0.6 is 0 Å². The normalized spacial score (nSPS) is 11.9. The Morgan fingerprint density at radius 1 is 0.761 bits per heavy atom. The van der Waals surface area contributed by atoms with Gasteiger partial charge in [0.2, 0.25) is 0 Å². The summed E-state index contributed by atoms with van der Waals surface area (Å²) >= 11 is 0. The molecule has 0 spiro atoms. The van der Waals surface area contributed by atoms with Gasteiger partial charge in [-0.25, -0.2) is 12.8 Å². The van der Waals surface area contributed by atoms with E-state index in [2.05, 4.69) is 60.8 Å². The number of pyridine rings is 2. The molecule has 0 aliphatic rings. The van der Waals surface area contributed by atoms with Gasteiger partial charge < -0.3 is 10.3 Å². The molecule has 0 aliphatic heterocycles. The van der Waals surface area contributed by atoms with E-state index in [0.29, 0.717) is 23.4 Å². The standard InChI is InChI=1S/C36H31FN6O2S/c1-46(44,45)12-10-24-13-27(16-29(37)15-24)35-31-18-34(41-32(31)9-11-40-35)36-30-17-26(7-8-33(30)42-43-36)28-14-25(21-39-22-28)20-38-19-23-5-3-2-4-6-23/h2-9,11,13-18,21-22,38,41H,10,12,19-20H2,1H3,(H,42,43). The molecule has 0 radical (unpaired) electrons. The highest BCUT2D eigenvalue weighted by Gasteiger charge is 2.16. The first-order valence-electron chi connectivity index (χ1n) is 14.9. The van der Waals surface area contributed by atoms with Crippen molar-refractivity contribution in [3.63, 3.8) is 0 Å². The quantitative estimate of drug-likeness (QED) is 0.152. The molecular weight excluding hydrogens is 600 g/mol. The lowest BCUT2D eigenvalue weighted by Crippen LogP contribution is -2.12. The van der Waals surface area contributed by atoms with E-state index in [1.54, 1.807) is 12.3 Å². The molecule has 0 atom stereocenters. The van der Waals surface area contributed by atoms with Crippen LogP contribution in [0, 0.1) is 5.82 Å². The Morgan fingerprint density at radius 2 is 1.57 bits per heavy atom. The summed E-state index contributed by atoms with van der Waals surface area (Å²) < 4.78 is 38.1. The van der Waals surface area contributed by atoms with E-state index in [0.717, 1.165) is 56.4 Å². The third-order valence-electron chi connectivity index (χ3n) is 7.99. The van der Waals surface area contributed by atoms with Crippen molar-refractivity contribution < 1.29 is 12.8 Å². The number of hydrogen-bond acceptors (Lipinski definition) is 6. The number of sulfone groups is 1. The second-order valence-electron chi connectivity index (χ2n) is 11.5. The lowest BCUT2D eigenvalue weighted by Gasteiger charge is -2.08. The molecule has 8 nitrogen and oxygen atoms in total. The molecule has 0 amide bonds. The monoisotopic (exact) mass is 630 g/mol. The molecule has 0 aliphatic carbocycles. The van der Waals surface area contributed by atoms with Crippen LogP contribution in [0.3, 0.4) is 0 Å². The van der Waals surface area contributed by atoms with Gasteiger partial charge in [0.25, 0.3) is 0 Å². The summed E-state index contributed by atoms with van der Waals surface area (Å²) in [6, 6.07) is 27.1. The summed E-state index contributed by atoms with van der Waals surface area (Å²) in [6.07, 6.45) is 6.83. The number of hydrogen-bond donors (Lipinski definition) is 3. The Hall–Kier alpha value is -5.19. The second kappa shape index (κ2) is 12.3. The van der Waals surface area contributed by atoms with E-state index in [4.69, 9.17) is 0 Å². The average Bonchev–Trinajstić information content (AvgIpc) is 3.68. The maximum absolute atomic E-state index is 14.7. The Bertz CT molecular complexity index is 2300. The molecule has 0 fully saturated rings. The number of H-pyrrole nitrogens is 2. The number of aryl methyl sites for hydroxylation is 1. The molecule has 7 aromatic rings. The number of nitrogens with zero attached hydrogens (tertiary/aromatic N) is 3. The summed E-state index contributed by atoms with van der Waals surface area (Å²) in [5.74, 6) is -0.492. The SMILES string of the molecule is CS(=O)(=O)CCc1cc(F)cc(-c2nccc3[nH]c(-c4n[nH]c5ccc(-c6cncc(CNCc7ccccc7)c6)cc45)cc23)c1. The molecule has 0 unspecified atom stereocenters. The van der Waals surface area contributed by atoms with Crippen LogP contribution in [-0.2, 0) is 29.3 Å². The minimum absolute atomic E-state index is 0.0540. The average molecular weight is 631 g/mol. The maximum Gasteiger partial charge on any atom is 0.147 e. The fourth-order valence-corrected chi connectivity index (χ4v) is 6.34. The zero-order valence-corrected chi connectivity index (χ0v) is 25.9. The van der Waals surface area contributed by atoms with E-state index in [9.17, 15) is 12.8 Å². The zero-order valence-electron chi connectivity index (χ0n) is 25.1. The van der Waals surface area contributed by atoms with Crippen molar-refractivity contribution in [2.45, 2.75) is 19.5 Å². The number of nitrogens with one attached hydrogen (secondary N) is 3. The summed E-state index contributed by atoms with van der Waals surface area (Å²) in [7, 11) is -3.18. The van der Waals surface area contributed by atoms with Crippen molar-refractivity contribution in [1.82, 2.24) is 30.5 Å². The van der Waals surface area contributed by atoms with Crippen molar-refractivity contribution >= 4 is 31.6 Å². The highest BCUT2D eigenvalue weighted by molar-refractivity contribution is 7.90. The first kappa shape index (κ1) is 29.5. The van der Waals surface area contributed by atoms with E-state index >= 15 is 0 Å². The van der Waals surface area contributed by atoms with Crippen molar-refractivity contribution in [3.8, 4) is 33.8 Å². The van der Waals surface area contributed by atoms with Gasteiger partial charge in [0.15, 0.2) is 0 Å². The number of aromatic nitrogens is 5. The summed E-state index contributed by atoms with van der Waals surface area (Å²) in [5, 5.41) is 13.0. The molecule has 46 heavy (non-hydrogen) atoms. The van der Waals surface area contributed by atoms with Crippen LogP contribution in [-0.4, -0.2) is 45.6 Å². The lowest BCUT2D eigenvalue weighted by atomic mass is 10.0. The maximum atomic E-state index is 14.7. The predicted molar refractivity (Wildman–Crippen MR) is 180 cm³/mol. The van der Waals surface area contributed by atoms with Gasteiger partial charge in [-0.2, -0.15) is 5.10 Å². The number of halogens is 1. The van der Waals surface area contributed by atoms with Crippen molar-refractivity contribution in [3.05, 3.63) is 126 Å². The minimum Gasteiger partial charge on any atom is -0.353 e. The Balaban J connectivity index is 1.19. The van der Waals surface area contributed by atoms with Crippen LogP contribution in [0.5, 0.6) is 0 Å². The molecule has 3 N–H and O–H groups in total. The van der Waals surface area contributed by atoms with E-state index in [1.807, 2.05) is 48.8 Å². The van der Waals surface area contributed by atoms with E-state index < -0.39 is 15.7 Å². The number of aromatic amines is 2. The lowest BCUT2D eigenvalue weighted by molar-refractivity contribution is 0.600. The molecule has 7 rings (SSSR count). The van der Waals surface area contributed by atoms with Crippen LogP contribution in [0.2, 0.25) is 0 Å². The highest BCUT2D eigenvalue weighted by Crippen LogP contribution is 2.35. The van der Waals surface area contributed by atoms with Gasteiger partial charge in [-0.3, -0.25) is 15.1 Å². The molecule has 230 valence electrons. The second-order valence-corrected chi connectivity index (χ2v) is 13.8. The topological polar surface area (TPSA) is 116 Å². The van der Waals surface area contributed by atoms with Gasteiger partial charge >= 0.3 is 0 Å². The molecular formula is C36H31FN6O2S. The van der Waals surface area contributed by atoms with Crippen molar-refractivity contribution in [2.75, 3.05) is 12.0 Å². The van der Waals surface area contributed by atoms with Crippen molar-refractivity contribution in [1.29, 1.82) is 0 Å². The summed E-state index contributed by atoms with van der Waals surface area (Å²) in [4.78, 5) is 12.5. The Kier molecular flexibility index (Phi) is 7.90. The van der Waals surface area contributed by atoms with Gasteiger partial charge in [0.05, 0.1) is 22.7 Å². The molecule has 0 saturated heterocycles. The van der Waals surface area contributed by atoms with Gasteiger partial charge in [-0.05, 0) is 77.2 Å². The van der Waals surface area contributed by atoms with Gasteiger partial charge in [0.1, 0.15) is 21.3 Å². The fourth-order valence-electron chi connectivity index (χ4n) is 5.73. The fraction of sp³-hybridized carbons (Fsp3) is 0.139. The van der Waals surface area contributed by atoms with E-state index in [1.165, 1.54) is 24.0 Å². The molecule has 4 aromatic heterocycles. The van der Waals surface area contributed by atoms with Crippen LogP contribution in [0.1, 0.15) is 16.7 Å². The first-order valence-corrected chi connectivity index (χ1v) is 17.0. The summed E-state index contributed by atoms with van der Waals surface area (Å²) in [5.41, 5.74) is 9.40. The van der Waals surface area contributed by atoms with Crippen LogP contribution in [0.25, 0.3) is 55.6 Å². The zero-order chi connectivity index (χ0) is 31.7. The number of fused-ring (bicyclic) bond motifs is 2. The Morgan fingerprint density at radius 3 is 2.41 bits per heavy atom. The van der Waals surface area contributed by atoms with Crippen molar-refractivity contribution in [2.24, 2.45) is 0 Å². The van der Waals surface area contributed by atoms with Gasteiger partial charge in [0, 0.05) is 65.4 Å². The van der Waals surface area contributed by atoms with Gasteiger partial charge in [-0.15, -0.1) is 0 Å². The molecule has 0 bridgehead atoms. The van der Waals surface area contributed by atoms with E-state index in [-0.39, 0.29) is 12.2 Å². The Labute approximate surface area is 265 Å². The van der Waals surface area contributed by atoms with Crippen LogP contribution in [0.15, 0.2) is 104 Å². The smallest absolute Gasteiger partial charge is 0.147 e. The molecule has 4 heterocycles. The third-order valence-corrected chi connectivity index (χ3v) is 8.93. The number of rotatable bonds is 10. The minimum atomic E-state index is -3.18.